The Bertz CT molecular complexity index is 781. The maximum atomic E-state index is 13.0. The number of amides is 1. The van der Waals surface area contributed by atoms with E-state index in [0.29, 0.717) is 39.0 Å². The highest BCUT2D eigenvalue weighted by atomic mass is 32.2. The third-order valence-electron chi connectivity index (χ3n) is 5.48. The number of hydrogen-bond acceptors (Lipinski definition) is 5. The van der Waals surface area contributed by atoms with Crippen LogP contribution in [0.4, 0.5) is 0 Å². The van der Waals surface area contributed by atoms with Crippen LogP contribution in [-0.2, 0) is 30.9 Å². The Morgan fingerprint density at radius 3 is 2.52 bits per heavy atom. The Hall–Kier alpha value is -1.93. The zero-order valence-corrected chi connectivity index (χ0v) is 16.4. The van der Waals surface area contributed by atoms with Crippen LogP contribution in [0.15, 0.2) is 30.3 Å². The zero-order chi connectivity index (χ0) is 19.4. The van der Waals surface area contributed by atoms with Gasteiger partial charge < -0.3 is 9.64 Å². The molecule has 3 rings (SSSR count). The second-order valence-electron chi connectivity index (χ2n) is 7.16. The molecule has 7 nitrogen and oxygen atoms in total. The molecule has 1 aromatic rings. The average Bonchev–Trinajstić information content (AvgIpc) is 2.81. The number of ether oxygens (including phenoxy) is 1. The molecule has 27 heavy (non-hydrogen) atoms. The van der Waals surface area contributed by atoms with Gasteiger partial charge >= 0.3 is 5.97 Å². The summed E-state index contributed by atoms with van der Waals surface area (Å²) in [6.07, 6.45) is 1.28. The fourth-order valence-electron chi connectivity index (χ4n) is 3.96. The molecular formula is C19H26N2O5S. The van der Waals surface area contributed by atoms with Gasteiger partial charge in [-0.25, -0.2) is 8.42 Å². The van der Waals surface area contributed by atoms with Crippen molar-refractivity contribution in [3.8, 4) is 0 Å². The average molecular weight is 394 g/mol. The SMILES string of the molecule is COC(=O)CCC(=O)N1CC[C@@H]2CN(Cc3ccccc3)S(=O)(=O)[C@@H]2CC1. The molecule has 148 valence electrons. The van der Waals surface area contributed by atoms with Crippen molar-refractivity contribution >= 4 is 21.9 Å². The van der Waals surface area contributed by atoms with E-state index >= 15 is 0 Å². The number of hydrogen-bond donors (Lipinski definition) is 0. The van der Waals surface area contributed by atoms with E-state index in [-0.39, 0.29) is 24.7 Å². The molecule has 1 amide bonds. The quantitative estimate of drug-likeness (QED) is 0.705. The molecule has 0 saturated carbocycles. The minimum atomic E-state index is -3.37. The van der Waals surface area contributed by atoms with E-state index < -0.39 is 21.2 Å². The second-order valence-corrected chi connectivity index (χ2v) is 9.31. The third kappa shape index (κ3) is 4.50. The normalized spacial score (nSPS) is 24.9. The summed E-state index contributed by atoms with van der Waals surface area (Å²) in [5, 5.41) is -0.431. The van der Waals surface area contributed by atoms with E-state index in [4.69, 9.17) is 0 Å². The van der Waals surface area contributed by atoms with Gasteiger partial charge in [-0.15, -0.1) is 0 Å². The lowest BCUT2D eigenvalue weighted by Gasteiger charge is -2.22. The Morgan fingerprint density at radius 1 is 1.11 bits per heavy atom. The molecule has 8 heteroatoms. The number of nitrogens with zero attached hydrogens (tertiary/aromatic N) is 2. The van der Waals surface area contributed by atoms with Gasteiger partial charge in [0.15, 0.2) is 0 Å². The van der Waals surface area contributed by atoms with Crippen molar-refractivity contribution in [1.82, 2.24) is 9.21 Å². The molecule has 2 aliphatic heterocycles. The van der Waals surface area contributed by atoms with Gasteiger partial charge in [0.05, 0.1) is 18.8 Å². The molecule has 0 radical (unpaired) electrons. The highest BCUT2D eigenvalue weighted by molar-refractivity contribution is 7.90. The van der Waals surface area contributed by atoms with Crippen molar-refractivity contribution < 1.29 is 22.7 Å². The van der Waals surface area contributed by atoms with Crippen molar-refractivity contribution in [1.29, 1.82) is 0 Å². The van der Waals surface area contributed by atoms with E-state index in [0.717, 1.165) is 5.56 Å². The first-order chi connectivity index (χ1) is 12.9. The lowest BCUT2D eigenvalue weighted by molar-refractivity contribution is -0.143. The topological polar surface area (TPSA) is 84.0 Å². The molecule has 2 fully saturated rings. The number of sulfonamides is 1. The predicted molar refractivity (Wildman–Crippen MR) is 100 cm³/mol. The highest BCUT2D eigenvalue weighted by Gasteiger charge is 2.47. The van der Waals surface area contributed by atoms with Crippen molar-refractivity contribution in [3.63, 3.8) is 0 Å². The molecule has 2 saturated heterocycles. The zero-order valence-electron chi connectivity index (χ0n) is 15.5. The highest BCUT2D eigenvalue weighted by Crippen LogP contribution is 2.35. The fraction of sp³-hybridized carbons (Fsp3) is 0.579. The molecule has 0 aliphatic carbocycles. The van der Waals surface area contributed by atoms with Crippen molar-refractivity contribution in [2.45, 2.75) is 37.5 Å². The number of methoxy groups -OCH3 is 1. The smallest absolute Gasteiger partial charge is 0.306 e. The predicted octanol–water partition coefficient (Wildman–Crippen LogP) is 1.39. The van der Waals surface area contributed by atoms with E-state index in [1.165, 1.54) is 7.11 Å². The van der Waals surface area contributed by atoms with E-state index in [1.54, 1.807) is 9.21 Å². The summed E-state index contributed by atoms with van der Waals surface area (Å²) in [6.45, 7) is 1.86. The Balaban J connectivity index is 1.61. The number of carbonyl (C=O) groups excluding carboxylic acids is 2. The maximum absolute atomic E-state index is 13.0. The molecule has 0 N–H and O–H groups in total. The maximum Gasteiger partial charge on any atom is 0.306 e. The van der Waals surface area contributed by atoms with Crippen LogP contribution in [0.5, 0.6) is 0 Å². The minimum absolute atomic E-state index is 0.0390. The number of rotatable bonds is 5. The van der Waals surface area contributed by atoms with Crippen LogP contribution in [0.2, 0.25) is 0 Å². The number of fused-ring (bicyclic) bond motifs is 1. The number of likely N-dealkylation sites (tertiary alicyclic amines) is 1. The van der Waals surface area contributed by atoms with Crippen molar-refractivity contribution in [2.24, 2.45) is 5.92 Å². The molecular weight excluding hydrogens is 368 g/mol. The lowest BCUT2D eigenvalue weighted by atomic mass is 10.0. The van der Waals surface area contributed by atoms with Gasteiger partial charge in [-0.05, 0) is 24.3 Å². The Kier molecular flexibility index (Phi) is 6.16. The van der Waals surface area contributed by atoms with Crippen molar-refractivity contribution in [2.75, 3.05) is 26.7 Å². The van der Waals surface area contributed by atoms with Crippen LogP contribution >= 0.6 is 0 Å². The fourth-order valence-corrected chi connectivity index (χ4v) is 6.18. The first kappa shape index (κ1) is 19.8. The summed E-state index contributed by atoms with van der Waals surface area (Å²) < 4.78 is 32.1. The summed E-state index contributed by atoms with van der Waals surface area (Å²) in [4.78, 5) is 25.2. The molecule has 0 spiro atoms. The molecule has 2 atom stereocenters. The van der Waals surface area contributed by atoms with Gasteiger partial charge in [0, 0.05) is 32.6 Å². The van der Waals surface area contributed by atoms with Crippen LogP contribution < -0.4 is 0 Å². The minimum Gasteiger partial charge on any atom is -0.469 e. The second kappa shape index (κ2) is 8.39. The van der Waals surface area contributed by atoms with Crippen LogP contribution in [0.25, 0.3) is 0 Å². The summed E-state index contributed by atoms with van der Waals surface area (Å²) in [5.41, 5.74) is 0.983. The summed E-state index contributed by atoms with van der Waals surface area (Å²) in [7, 11) is -2.07. The molecule has 2 heterocycles. The van der Waals surface area contributed by atoms with Gasteiger partial charge in [0.2, 0.25) is 15.9 Å². The van der Waals surface area contributed by atoms with E-state index in [2.05, 4.69) is 4.74 Å². The summed E-state index contributed by atoms with van der Waals surface area (Å²) in [6, 6.07) is 9.61. The molecule has 0 unspecified atom stereocenters. The summed E-state index contributed by atoms with van der Waals surface area (Å²) in [5.74, 6) is -0.481. The Morgan fingerprint density at radius 2 is 1.81 bits per heavy atom. The van der Waals surface area contributed by atoms with E-state index in [1.807, 2.05) is 30.3 Å². The molecule has 1 aromatic carbocycles. The van der Waals surface area contributed by atoms with E-state index in [9.17, 15) is 18.0 Å². The molecule has 0 aromatic heterocycles. The Labute approximate surface area is 160 Å². The van der Waals surface area contributed by atoms with Gasteiger partial charge in [-0.1, -0.05) is 30.3 Å². The van der Waals surface area contributed by atoms with Gasteiger partial charge in [-0.2, -0.15) is 4.31 Å². The molecule has 2 aliphatic rings. The van der Waals surface area contributed by atoms with Crippen LogP contribution in [0.3, 0.4) is 0 Å². The largest absolute Gasteiger partial charge is 0.469 e. The van der Waals surface area contributed by atoms with Gasteiger partial charge in [-0.3, -0.25) is 9.59 Å². The molecule has 0 bridgehead atoms. The lowest BCUT2D eigenvalue weighted by Crippen LogP contribution is -2.34. The standard InChI is InChI=1S/C19H26N2O5S/c1-26-19(23)8-7-18(22)20-11-9-16-14-21(13-15-5-3-2-4-6-15)27(24,25)17(16)10-12-20/h2-6,16-17H,7-14H2,1H3/t16-,17-/m1/s1. The monoisotopic (exact) mass is 394 g/mol. The van der Waals surface area contributed by atoms with Gasteiger partial charge in [0.25, 0.3) is 0 Å². The van der Waals surface area contributed by atoms with Crippen molar-refractivity contribution in [3.05, 3.63) is 35.9 Å². The summed E-state index contributed by atoms with van der Waals surface area (Å²) >= 11 is 0. The number of carbonyl (C=O) groups is 2. The first-order valence-corrected chi connectivity index (χ1v) is 10.8. The number of esters is 1. The third-order valence-corrected chi connectivity index (χ3v) is 7.87. The number of benzene rings is 1. The van der Waals surface area contributed by atoms with Crippen LogP contribution in [0, 0.1) is 5.92 Å². The van der Waals surface area contributed by atoms with Gasteiger partial charge in [0.1, 0.15) is 0 Å². The first-order valence-electron chi connectivity index (χ1n) is 9.29. The van der Waals surface area contributed by atoms with Crippen LogP contribution in [-0.4, -0.2) is 61.5 Å². The van der Waals surface area contributed by atoms with Crippen LogP contribution in [0.1, 0.15) is 31.2 Å².